The van der Waals surface area contributed by atoms with Gasteiger partial charge in [0, 0.05) is 19.6 Å². The van der Waals surface area contributed by atoms with Gasteiger partial charge in [0.25, 0.3) is 0 Å². The number of nitrogens with one attached hydrogen (secondary N) is 1. The summed E-state index contributed by atoms with van der Waals surface area (Å²) in [6, 6.07) is 2.52. The molecule has 1 aromatic rings. The average Bonchev–Trinajstić information content (AvgIpc) is 3.04. The molecule has 2 heterocycles. The molecule has 2 aliphatic heterocycles. The summed E-state index contributed by atoms with van der Waals surface area (Å²) in [5.41, 5.74) is -0.0448. The molecule has 0 radical (unpaired) electrons. The third-order valence-corrected chi connectivity index (χ3v) is 6.11. The summed E-state index contributed by atoms with van der Waals surface area (Å²) in [7, 11) is -3.96. The van der Waals surface area contributed by atoms with Crippen LogP contribution in [0.3, 0.4) is 0 Å². The Morgan fingerprint density at radius 2 is 2.00 bits per heavy atom. The summed E-state index contributed by atoms with van der Waals surface area (Å²) in [5.74, 6) is -1.65. The summed E-state index contributed by atoms with van der Waals surface area (Å²) >= 11 is 0. The van der Waals surface area contributed by atoms with Crippen molar-refractivity contribution >= 4 is 22.4 Å². The third kappa shape index (κ3) is 2.92. The van der Waals surface area contributed by atoms with Gasteiger partial charge in [-0.05, 0) is 43.0 Å². The first-order chi connectivity index (χ1) is 9.43. The van der Waals surface area contributed by atoms with E-state index in [4.69, 9.17) is 0 Å². The molecule has 118 valence electrons. The van der Waals surface area contributed by atoms with Gasteiger partial charge in [-0.1, -0.05) is 0 Å². The van der Waals surface area contributed by atoms with Crippen LogP contribution in [0.25, 0.3) is 0 Å². The maximum atomic E-state index is 13.7. The molecule has 1 N–H and O–H groups in total. The van der Waals surface area contributed by atoms with Crippen LogP contribution in [0, 0.1) is 17.0 Å². The highest BCUT2D eigenvalue weighted by molar-refractivity contribution is 7.89. The summed E-state index contributed by atoms with van der Waals surface area (Å²) in [4.78, 5) is -0.569. The van der Waals surface area contributed by atoms with Crippen molar-refractivity contribution in [1.29, 1.82) is 0 Å². The second-order valence-corrected chi connectivity index (χ2v) is 7.50. The largest absolute Gasteiger partial charge is 0.316 e. The van der Waals surface area contributed by atoms with Crippen LogP contribution >= 0.6 is 12.4 Å². The van der Waals surface area contributed by atoms with E-state index in [1.54, 1.807) is 0 Å². The van der Waals surface area contributed by atoms with Crippen molar-refractivity contribution in [2.45, 2.75) is 17.7 Å². The predicted molar refractivity (Wildman–Crippen MR) is 76.9 cm³/mol. The van der Waals surface area contributed by atoms with Crippen LogP contribution in [-0.4, -0.2) is 38.9 Å². The lowest BCUT2D eigenvalue weighted by atomic mass is 9.87. The number of halogens is 3. The summed E-state index contributed by atoms with van der Waals surface area (Å²) in [5, 5.41) is 3.23. The lowest BCUT2D eigenvalue weighted by Gasteiger charge is -2.22. The minimum Gasteiger partial charge on any atom is -0.316 e. The van der Waals surface area contributed by atoms with E-state index < -0.39 is 26.6 Å². The number of benzene rings is 1. The van der Waals surface area contributed by atoms with Gasteiger partial charge in [-0.2, -0.15) is 4.31 Å². The molecule has 4 nitrogen and oxygen atoms in total. The highest BCUT2D eigenvalue weighted by Crippen LogP contribution is 2.38. The minimum atomic E-state index is -3.96. The Morgan fingerprint density at radius 3 is 2.67 bits per heavy atom. The van der Waals surface area contributed by atoms with Gasteiger partial charge in [0.15, 0.2) is 0 Å². The zero-order chi connectivity index (χ0) is 14.4. The fraction of sp³-hybridized carbons (Fsp3) is 0.538. The molecule has 2 saturated heterocycles. The van der Waals surface area contributed by atoms with Crippen molar-refractivity contribution in [1.82, 2.24) is 9.62 Å². The number of nitrogens with zero attached hydrogens (tertiary/aromatic N) is 1. The van der Waals surface area contributed by atoms with Gasteiger partial charge in [-0.25, -0.2) is 17.2 Å². The lowest BCUT2D eigenvalue weighted by molar-refractivity contribution is 0.337. The van der Waals surface area contributed by atoms with Gasteiger partial charge in [0.2, 0.25) is 10.0 Å². The monoisotopic (exact) mass is 338 g/mol. The molecular weight excluding hydrogens is 322 g/mol. The zero-order valence-corrected chi connectivity index (χ0v) is 12.9. The van der Waals surface area contributed by atoms with Gasteiger partial charge >= 0.3 is 0 Å². The van der Waals surface area contributed by atoms with Crippen molar-refractivity contribution in [3.05, 3.63) is 29.8 Å². The van der Waals surface area contributed by atoms with Crippen molar-refractivity contribution in [2.75, 3.05) is 26.2 Å². The third-order valence-electron chi connectivity index (χ3n) is 4.25. The van der Waals surface area contributed by atoms with Crippen LogP contribution in [0.2, 0.25) is 0 Å². The number of sulfonamides is 1. The van der Waals surface area contributed by atoms with E-state index in [2.05, 4.69) is 5.32 Å². The molecular formula is C13H17ClF2N2O2S. The first-order valence-electron chi connectivity index (χ1n) is 6.59. The van der Waals surface area contributed by atoms with E-state index in [0.717, 1.165) is 44.1 Å². The minimum absolute atomic E-state index is 0. The Morgan fingerprint density at radius 1 is 1.24 bits per heavy atom. The molecule has 1 unspecified atom stereocenters. The Hall–Kier alpha value is -0.760. The van der Waals surface area contributed by atoms with E-state index in [-0.39, 0.29) is 17.8 Å². The van der Waals surface area contributed by atoms with Crippen LogP contribution in [0.1, 0.15) is 12.8 Å². The first-order valence-corrected chi connectivity index (χ1v) is 8.03. The number of rotatable bonds is 2. The van der Waals surface area contributed by atoms with Gasteiger partial charge in [-0.15, -0.1) is 12.4 Å². The quantitative estimate of drug-likeness (QED) is 0.894. The first kappa shape index (κ1) is 16.6. The molecule has 8 heteroatoms. The molecule has 0 aromatic heterocycles. The van der Waals surface area contributed by atoms with Gasteiger partial charge in [-0.3, -0.25) is 0 Å². The molecule has 2 aliphatic rings. The fourth-order valence-electron chi connectivity index (χ4n) is 3.06. The number of hydrogen-bond donors (Lipinski definition) is 1. The van der Waals surface area contributed by atoms with Crippen molar-refractivity contribution < 1.29 is 17.2 Å². The van der Waals surface area contributed by atoms with Crippen LogP contribution in [0.5, 0.6) is 0 Å². The van der Waals surface area contributed by atoms with Gasteiger partial charge in [0.1, 0.15) is 16.5 Å². The van der Waals surface area contributed by atoms with Crippen molar-refractivity contribution in [2.24, 2.45) is 5.41 Å². The predicted octanol–water partition coefficient (Wildman–Crippen LogP) is 1.76. The zero-order valence-electron chi connectivity index (χ0n) is 11.3. The highest BCUT2D eigenvalue weighted by Gasteiger charge is 2.45. The second-order valence-electron chi connectivity index (χ2n) is 5.59. The van der Waals surface area contributed by atoms with Gasteiger partial charge in [0.05, 0.1) is 0 Å². The molecule has 0 amide bonds. The summed E-state index contributed by atoms with van der Waals surface area (Å²) in [6.07, 6.45) is 1.68. The van der Waals surface area contributed by atoms with Gasteiger partial charge < -0.3 is 5.32 Å². The molecule has 1 aromatic carbocycles. The molecule has 0 saturated carbocycles. The second kappa shape index (κ2) is 5.79. The Balaban J connectivity index is 0.00000161. The SMILES string of the molecule is Cl.O=S(=O)(c1cc(F)ccc1F)N1CCC2(CCNC2)C1. The smallest absolute Gasteiger partial charge is 0.246 e. The van der Waals surface area contributed by atoms with Crippen LogP contribution in [-0.2, 0) is 10.0 Å². The molecule has 0 aliphatic carbocycles. The highest BCUT2D eigenvalue weighted by atomic mass is 35.5. The molecule has 1 atom stereocenters. The summed E-state index contributed by atoms with van der Waals surface area (Å²) < 4.78 is 53.1. The molecule has 1 spiro atoms. The van der Waals surface area contributed by atoms with Crippen molar-refractivity contribution in [3.8, 4) is 0 Å². The maximum Gasteiger partial charge on any atom is 0.246 e. The summed E-state index contributed by atoms with van der Waals surface area (Å²) in [6.45, 7) is 2.39. The molecule has 0 bridgehead atoms. The number of hydrogen-bond acceptors (Lipinski definition) is 3. The molecule has 2 fully saturated rings. The van der Waals surface area contributed by atoms with E-state index in [1.165, 1.54) is 4.31 Å². The fourth-order valence-corrected chi connectivity index (χ4v) is 4.69. The Labute approximate surface area is 129 Å². The van der Waals surface area contributed by atoms with Crippen LogP contribution < -0.4 is 5.32 Å². The normalized spacial score (nSPS) is 26.2. The topological polar surface area (TPSA) is 49.4 Å². The van der Waals surface area contributed by atoms with E-state index in [0.29, 0.717) is 13.1 Å². The van der Waals surface area contributed by atoms with Crippen LogP contribution in [0.15, 0.2) is 23.1 Å². The molecule has 21 heavy (non-hydrogen) atoms. The average molecular weight is 339 g/mol. The maximum absolute atomic E-state index is 13.7. The lowest BCUT2D eigenvalue weighted by Crippen LogP contribution is -2.33. The van der Waals surface area contributed by atoms with E-state index in [1.807, 2.05) is 0 Å². The Bertz CT molecular complexity index is 633. The van der Waals surface area contributed by atoms with E-state index >= 15 is 0 Å². The van der Waals surface area contributed by atoms with Crippen LogP contribution in [0.4, 0.5) is 8.78 Å². The van der Waals surface area contributed by atoms with Crippen molar-refractivity contribution in [3.63, 3.8) is 0 Å². The molecule has 3 rings (SSSR count). The Kier molecular flexibility index (Phi) is 4.58. The van der Waals surface area contributed by atoms with E-state index in [9.17, 15) is 17.2 Å². The standard InChI is InChI=1S/C13H16F2N2O2S.ClH/c14-10-1-2-11(15)12(7-10)20(18,19)17-6-4-13(9-17)3-5-16-8-13;/h1-2,7,16H,3-6,8-9H2;1H.